The number of hydrogen-bond donors (Lipinski definition) is 1. The minimum atomic E-state index is -0.121. The van der Waals surface area contributed by atoms with Gasteiger partial charge in [-0.05, 0) is 23.8 Å². The molecule has 0 saturated carbocycles. The van der Waals surface area contributed by atoms with E-state index in [1.165, 1.54) is 5.56 Å². The second kappa shape index (κ2) is 9.14. The zero-order chi connectivity index (χ0) is 18.2. The van der Waals surface area contributed by atoms with E-state index in [0.717, 1.165) is 39.3 Å². The van der Waals surface area contributed by atoms with Crippen molar-refractivity contribution >= 4 is 5.91 Å². The lowest BCUT2D eigenvalue weighted by Gasteiger charge is -2.34. The van der Waals surface area contributed by atoms with Crippen molar-refractivity contribution < 1.29 is 4.79 Å². The Morgan fingerprint density at radius 3 is 2.46 bits per heavy atom. The normalized spacial score (nSPS) is 15.3. The van der Waals surface area contributed by atoms with Gasteiger partial charge in [-0.15, -0.1) is 0 Å². The SMILES string of the molecule is N#Cc1cccc(C(=O)NCCN2CCN(Cc3ccccc3)CC2)c1. The highest BCUT2D eigenvalue weighted by Crippen LogP contribution is 2.08. The summed E-state index contributed by atoms with van der Waals surface area (Å²) in [4.78, 5) is 17.0. The predicted octanol–water partition coefficient (Wildman–Crippen LogP) is 2.11. The van der Waals surface area contributed by atoms with Gasteiger partial charge in [0.25, 0.3) is 5.91 Å². The van der Waals surface area contributed by atoms with Crippen LogP contribution >= 0.6 is 0 Å². The van der Waals surface area contributed by atoms with Crippen LogP contribution in [0.2, 0.25) is 0 Å². The molecule has 134 valence electrons. The number of carbonyl (C=O) groups is 1. The average molecular weight is 348 g/mol. The van der Waals surface area contributed by atoms with Crippen molar-refractivity contribution in [2.45, 2.75) is 6.54 Å². The molecule has 0 radical (unpaired) electrons. The van der Waals surface area contributed by atoms with Gasteiger partial charge in [-0.25, -0.2) is 0 Å². The third-order valence-electron chi connectivity index (χ3n) is 4.68. The van der Waals surface area contributed by atoms with Gasteiger partial charge in [0, 0.05) is 51.4 Å². The van der Waals surface area contributed by atoms with Crippen LogP contribution in [0.5, 0.6) is 0 Å². The molecule has 0 bridgehead atoms. The van der Waals surface area contributed by atoms with E-state index in [4.69, 9.17) is 5.26 Å². The Morgan fingerprint density at radius 1 is 1.00 bits per heavy atom. The van der Waals surface area contributed by atoms with Gasteiger partial charge in [-0.1, -0.05) is 36.4 Å². The third-order valence-corrected chi connectivity index (χ3v) is 4.68. The van der Waals surface area contributed by atoms with Crippen LogP contribution in [0, 0.1) is 11.3 Å². The van der Waals surface area contributed by atoms with Crippen molar-refractivity contribution in [2.24, 2.45) is 0 Å². The quantitative estimate of drug-likeness (QED) is 0.869. The molecule has 1 saturated heterocycles. The number of nitrogens with one attached hydrogen (secondary N) is 1. The number of nitriles is 1. The molecule has 1 aliphatic heterocycles. The maximum atomic E-state index is 12.2. The molecule has 2 aromatic rings. The maximum absolute atomic E-state index is 12.2. The minimum absolute atomic E-state index is 0.121. The highest BCUT2D eigenvalue weighted by Gasteiger charge is 2.16. The summed E-state index contributed by atoms with van der Waals surface area (Å²) in [6.45, 7) is 6.61. The first kappa shape index (κ1) is 18.1. The first-order valence-electron chi connectivity index (χ1n) is 9.01. The van der Waals surface area contributed by atoms with Crippen molar-refractivity contribution in [3.05, 3.63) is 71.3 Å². The molecule has 0 aromatic heterocycles. The monoisotopic (exact) mass is 348 g/mol. The zero-order valence-electron chi connectivity index (χ0n) is 14.9. The van der Waals surface area contributed by atoms with Crippen LogP contribution in [0.15, 0.2) is 54.6 Å². The van der Waals surface area contributed by atoms with E-state index in [1.807, 2.05) is 6.07 Å². The van der Waals surface area contributed by atoms with Gasteiger partial charge >= 0.3 is 0 Å². The number of piperazine rings is 1. The molecule has 5 heteroatoms. The molecule has 3 rings (SSSR count). The number of rotatable bonds is 6. The molecule has 1 heterocycles. The van der Waals surface area contributed by atoms with E-state index in [0.29, 0.717) is 17.7 Å². The van der Waals surface area contributed by atoms with Gasteiger partial charge < -0.3 is 5.32 Å². The van der Waals surface area contributed by atoms with Crippen LogP contribution in [0.3, 0.4) is 0 Å². The Hall–Kier alpha value is -2.68. The van der Waals surface area contributed by atoms with Crippen LogP contribution < -0.4 is 5.32 Å². The highest BCUT2D eigenvalue weighted by atomic mass is 16.1. The summed E-state index contributed by atoms with van der Waals surface area (Å²) in [7, 11) is 0. The summed E-state index contributed by atoms with van der Waals surface area (Å²) in [6.07, 6.45) is 0. The van der Waals surface area contributed by atoms with Crippen molar-refractivity contribution in [3.8, 4) is 6.07 Å². The van der Waals surface area contributed by atoms with Gasteiger partial charge in [-0.2, -0.15) is 5.26 Å². The topological polar surface area (TPSA) is 59.4 Å². The first-order valence-corrected chi connectivity index (χ1v) is 9.01. The summed E-state index contributed by atoms with van der Waals surface area (Å²) in [5.74, 6) is -0.121. The zero-order valence-corrected chi connectivity index (χ0v) is 14.9. The highest BCUT2D eigenvalue weighted by molar-refractivity contribution is 5.94. The summed E-state index contributed by atoms with van der Waals surface area (Å²) in [5.41, 5.74) is 2.40. The first-order chi connectivity index (χ1) is 12.7. The van der Waals surface area contributed by atoms with Crippen molar-refractivity contribution in [1.82, 2.24) is 15.1 Å². The average Bonchev–Trinajstić information content (AvgIpc) is 2.70. The maximum Gasteiger partial charge on any atom is 0.251 e. The number of amides is 1. The van der Waals surface area contributed by atoms with Gasteiger partial charge in [0.05, 0.1) is 11.6 Å². The molecule has 26 heavy (non-hydrogen) atoms. The van der Waals surface area contributed by atoms with E-state index < -0.39 is 0 Å². The number of nitrogens with zero attached hydrogens (tertiary/aromatic N) is 3. The van der Waals surface area contributed by atoms with E-state index in [9.17, 15) is 4.79 Å². The number of carbonyl (C=O) groups excluding carboxylic acids is 1. The van der Waals surface area contributed by atoms with Crippen LogP contribution in [0.25, 0.3) is 0 Å². The molecule has 2 aromatic carbocycles. The van der Waals surface area contributed by atoms with Gasteiger partial charge in [0.15, 0.2) is 0 Å². The molecule has 0 aliphatic carbocycles. The minimum Gasteiger partial charge on any atom is -0.351 e. The number of hydrogen-bond acceptors (Lipinski definition) is 4. The fourth-order valence-corrected chi connectivity index (χ4v) is 3.17. The van der Waals surface area contributed by atoms with E-state index in [-0.39, 0.29) is 5.91 Å². The molecule has 1 aliphatic rings. The molecule has 1 fully saturated rings. The fraction of sp³-hybridized carbons (Fsp3) is 0.333. The molecule has 1 amide bonds. The Balaban J connectivity index is 1.37. The van der Waals surface area contributed by atoms with Crippen LogP contribution in [0.4, 0.5) is 0 Å². The van der Waals surface area contributed by atoms with Crippen molar-refractivity contribution in [2.75, 3.05) is 39.3 Å². The van der Waals surface area contributed by atoms with E-state index in [2.05, 4.69) is 45.5 Å². The molecule has 5 nitrogen and oxygen atoms in total. The number of benzene rings is 2. The van der Waals surface area contributed by atoms with E-state index >= 15 is 0 Å². The second-order valence-corrected chi connectivity index (χ2v) is 6.55. The lowest BCUT2D eigenvalue weighted by Crippen LogP contribution is -2.48. The largest absolute Gasteiger partial charge is 0.351 e. The lowest BCUT2D eigenvalue weighted by molar-refractivity contribution is 0.0934. The van der Waals surface area contributed by atoms with Gasteiger partial charge in [0.2, 0.25) is 0 Å². The van der Waals surface area contributed by atoms with Crippen molar-refractivity contribution in [3.63, 3.8) is 0 Å². The predicted molar refractivity (Wildman–Crippen MR) is 102 cm³/mol. The Morgan fingerprint density at radius 2 is 1.73 bits per heavy atom. The summed E-state index contributed by atoms with van der Waals surface area (Å²) in [6, 6.07) is 19.4. The Labute approximate surface area is 154 Å². The fourth-order valence-electron chi connectivity index (χ4n) is 3.17. The lowest BCUT2D eigenvalue weighted by atomic mass is 10.1. The summed E-state index contributed by atoms with van der Waals surface area (Å²) in [5, 5.41) is 11.9. The van der Waals surface area contributed by atoms with Crippen LogP contribution in [0.1, 0.15) is 21.5 Å². The Kier molecular flexibility index (Phi) is 6.37. The standard InChI is InChI=1S/C21H24N4O/c22-16-19-7-4-8-20(15-19)21(26)23-9-10-24-11-13-25(14-12-24)17-18-5-2-1-3-6-18/h1-8,15H,9-14,17H2,(H,23,26). The van der Waals surface area contributed by atoms with Gasteiger partial charge in [0.1, 0.15) is 0 Å². The molecule has 1 N–H and O–H groups in total. The molecular weight excluding hydrogens is 324 g/mol. The van der Waals surface area contributed by atoms with E-state index in [1.54, 1.807) is 24.3 Å². The summed E-state index contributed by atoms with van der Waals surface area (Å²) >= 11 is 0. The third kappa shape index (κ3) is 5.16. The van der Waals surface area contributed by atoms with Crippen LogP contribution in [-0.2, 0) is 6.54 Å². The molecule has 0 spiro atoms. The van der Waals surface area contributed by atoms with Crippen molar-refractivity contribution in [1.29, 1.82) is 5.26 Å². The second-order valence-electron chi connectivity index (χ2n) is 6.55. The smallest absolute Gasteiger partial charge is 0.251 e. The molecular formula is C21H24N4O. The molecule has 0 unspecified atom stereocenters. The molecule has 0 atom stereocenters. The van der Waals surface area contributed by atoms with Crippen LogP contribution in [-0.4, -0.2) is 55.0 Å². The Bertz CT molecular complexity index is 761. The summed E-state index contributed by atoms with van der Waals surface area (Å²) < 4.78 is 0. The van der Waals surface area contributed by atoms with Gasteiger partial charge in [-0.3, -0.25) is 14.6 Å².